The topological polar surface area (TPSA) is 58.2 Å². The van der Waals surface area contributed by atoms with Gasteiger partial charge in [-0.1, -0.05) is 6.92 Å². The van der Waals surface area contributed by atoms with E-state index in [0.717, 1.165) is 71.9 Å². The van der Waals surface area contributed by atoms with Crippen molar-refractivity contribution >= 4 is 11.7 Å². The van der Waals surface area contributed by atoms with Gasteiger partial charge in [-0.25, -0.2) is 4.79 Å². The molecule has 3 heterocycles. The molecule has 32 heavy (non-hydrogen) atoms. The Balaban J connectivity index is 1.37. The smallest absolute Gasteiger partial charge is 0.317 e. The third-order valence-corrected chi connectivity index (χ3v) is 6.77. The van der Waals surface area contributed by atoms with Crippen molar-refractivity contribution < 1.29 is 4.79 Å². The number of likely N-dealkylation sites (tertiary alicyclic amines) is 1. The number of likely N-dealkylation sites (N-methyl/N-ethyl adjacent to an activating group) is 2. The molecule has 0 radical (unpaired) electrons. The lowest BCUT2D eigenvalue weighted by Gasteiger charge is -2.36. The van der Waals surface area contributed by atoms with Crippen molar-refractivity contribution in [3.63, 3.8) is 0 Å². The van der Waals surface area contributed by atoms with Crippen LogP contribution in [-0.4, -0.2) is 123 Å². The van der Waals surface area contributed by atoms with Gasteiger partial charge in [0, 0.05) is 76.5 Å². The lowest BCUT2D eigenvalue weighted by molar-refractivity contribution is 0.161. The fourth-order valence-corrected chi connectivity index (χ4v) is 4.76. The number of hydrogen-bond donors (Lipinski definition) is 1. The fraction of sp³-hybridized carbons (Fsp3) is 0.750. The predicted octanol–water partition coefficient (Wildman–Crippen LogP) is 1.65. The number of carbonyl (C=O) groups excluding carboxylic acids is 1. The Bertz CT molecular complexity index is 664. The molecule has 2 fully saturated rings. The van der Waals surface area contributed by atoms with Crippen molar-refractivity contribution in [3.8, 4) is 0 Å². The average Bonchev–Trinajstić information content (AvgIpc) is 3.27. The van der Waals surface area contributed by atoms with E-state index < -0.39 is 0 Å². The van der Waals surface area contributed by atoms with Gasteiger partial charge in [-0.15, -0.1) is 0 Å². The molecule has 1 unspecified atom stereocenters. The van der Waals surface area contributed by atoms with Crippen molar-refractivity contribution in [3.05, 3.63) is 24.5 Å². The average molecular weight is 446 g/mol. The van der Waals surface area contributed by atoms with E-state index in [2.05, 4.69) is 63.1 Å². The van der Waals surface area contributed by atoms with Crippen molar-refractivity contribution in [1.82, 2.24) is 29.9 Å². The van der Waals surface area contributed by atoms with Gasteiger partial charge < -0.3 is 20.0 Å². The lowest BCUT2D eigenvalue weighted by Crippen LogP contribution is -2.49. The standard InChI is InChI=1S/C24H43N7O/c1-4-29-14-5-7-23(29)21-31(18-15-27(2)3)24(32)26-10-6-13-28-16-19-30(20-17-28)22-8-11-25-12-9-22/h8-9,11-12,23H,4-7,10,13-21H2,1-3H3,(H,26,32). The molecule has 0 aromatic carbocycles. The molecule has 3 rings (SSSR count). The van der Waals surface area contributed by atoms with Crippen molar-refractivity contribution in [1.29, 1.82) is 0 Å². The molecule has 0 bridgehead atoms. The molecule has 1 atom stereocenters. The zero-order chi connectivity index (χ0) is 22.8. The number of anilines is 1. The first-order chi connectivity index (χ1) is 15.6. The van der Waals surface area contributed by atoms with Gasteiger partial charge in [0.15, 0.2) is 0 Å². The van der Waals surface area contributed by atoms with Crippen LogP contribution in [0.25, 0.3) is 0 Å². The Morgan fingerprint density at radius 2 is 1.88 bits per heavy atom. The number of amides is 2. The van der Waals surface area contributed by atoms with Gasteiger partial charge in [0.25, 0.3) is 0 Å². The van der Waals surface area contributed by atoms with E-state index in [1.807, 2.05) is 17.3 Å². The third-order valence-electron chi connectivity index (χ3n) is 6.77. The van der Waals surface area contributed by atoms with Crippen LogP contribution in [0.3, 0.4) is 0 Å². The first-order valence-corrected chi connectivity index (χ1v) is 12.4. The zero-order valence-corrected chi connectivity index (χ0v) is 20.4. The molecule has 180 valence electrons. The van der Waals surface area contributed by atoms with Gasteiger partial charge in [0.1, 0.15) is 0 Å². The molecule has 2 amide bonds. The monoisotopic (exact) mass is 445 g/mol. The molecule has 0 aliphatic carbocycles. The summed E-state index contributed by atoms with van der Waals surface area (Å²) in [5, 5.41) is 3.19. The van der Waals surface area contributed by atoms with E-state index in [-0.39, 0.29) is 6.03 Å². The number of nitrogens with one attached hydrogen (secondary N) is 1. The molecule has 1 N–H and O–H groups in total. The quantitative estimate of drug-likeness (QED) is 0.523. The van der Waals surface area contributed by atoms with Crippen LogP contribution in [0, 0.1) is 0 Å². The molecule has 2 aliphatic heterocycles. The maximum Gasteiger partial charge on any atom is 0.317 e. The highest BCUT2D eigenvalue weighted by molar-refractivity contribution is 5.74. The summed E-state index contributed by atoms with van der Waals surface area (Å²) in [6.45, 7) is 13.0. The van der Waals surface area contributed by atoms with Crippen molar-refractivity contribution in [2.45, 2.75) is 32.2 Å². The SMILES string of the molecule is CCN1CCCC1CN(CCN(C)C)C(=O)NCCCN1CCN(c2ccncc2)CC1. The van der Waals surface area contributed by atoms with Crippen LogP contribution in [0.4, 0.5) is 10.5 Å². The summed E-state index contributed by atoms with van der Waals surface area (Å²) in [4.78, 5) is 28.7. The summed E-state index contributed by atoms with van der Waals surface area (Å²) in [6, 6.07) is 4.76. The Morgan fingerprint density at radius 1 is 1.12 bits per heavy atom. The molecule has 2 saturated heterocycles. The highest BCUT2D eigenvalue weighted by atomic mass is 16.2. The van der Waals surface area contributed by atoms with Gasteiger partial charge in [-0.2, -0.15) is 0 Å². The second-order valence-electron chi connectivity index (χ2n) is 9.29. The number of urea groups is 1. The minimum Gasteiger partial charge on any atom is -0.369 e. The van der Waals surface area contributed by atoms with Gasteiger partial charge in [0.2, 0.25) is 0 Å². The summed E-state index contributed by atoms with van der Waals surface area (Å²) in [7, 11) is 4.14. The Kier molecular flexibility index (Phi) is 10.0. The Labute approximate surface area is 194 Å². The highest BCUT2D eigenvalue weighted by Gasteiger charge is 2.27. The van der Waals surface area contributed by atoms with Gasteiger partial charge in [-0.3, -0.25) is 14.8 Å². The van der Waals surface area contributed by atoms with Crippen LogP contribution in [0.1, 0.15) is 26.2 Å². The summed E-state index contributed by atoms with van der Waals surface area (Å²) in [5.74, 6) is 0. The van der Waals surface area contributed by atoms with E-state index in [1.165, 1.54) is 25.1 Å². The third kappa shape index (κ3) is 7.60. The highest BCUT2D eigenvalue weighted by Crippen LogP contribution is 2.18. The predicted molar refractivity (Wildman–Crippen MR) is 131 cm³/mol. The van der Waals surface area contributed by atoms with Crippen LogP contribution in [-0.2, 0) is 0 Å². The van der Waals surface area contributed by atoms with Gasteiger partial charge >= 0.3 is 6.03 Å². The zero-order valence-electron chi connectivity index (χ0n) is 20.4. The van der Waals surface area contributed by atoms with Crippen LogP contribution >= 0.6 is 0 Å². The first-order valence-electron chi connectivity index (χ1n) is 12.4. The Morgan fingerprint density at radius 3 is 2.56 bits per heavy atom. The number of aromatic nitrogens is 1. The normalized spacial score (nSPS) is 20.1. The minimum atomic E-state index is 0.0947. The summed E-state index contributed by atoms with van der Waals surface area (Å²) in [6.07, 6.45) is 7.16. The van der Waals surface area contributed by atoms with Crippen molar-refractivity contribution in [2.75, 3.05) is 91.0 Å². The molecule has 8 heteroatoms. The summed E-state index contributed by atoms with van der Waals surface area (Å²) in [5.41, 5.74) is 1.26. The van der Waals surface area contributed by atoms with Crippen LogP contribution in [0.5, 0.6) is 0 Å². The molecular formula is C24H43N7O. The van der Waals surface area contributed by atoms with Gasteiger partial charge in [0.05, 0.1) is 0 Å². The van der Waals surface area contributed by atoms with Gasteiger partial charge in [-0.05, 0) is 65.1 Å². The molecular weight excluding hydrogens is 402 g/mol. The second kappa shape index (κ2) is 13.0. The molecule has 1 aromatic rings. The van der Waals surface area contributed by atoms with E-state index in [0.29, 0.717) is 6.04 Å². The van der Waals surface area contributed by atoms with Crippen LogP contribution in [0.2, 0.25) is 0 Å². The minimum absolute atomic E-state index is 0.0947. The van der Waals surface area contributed by atoms with E-state index in [4.69, 9.17) is 0 Å². The summed E-state index contributed by atoms with van der Waals surface area (Å²) >= 11 is 0. The second-order valence-corrected chi connectivity index (χ2v) is 9.29. The number of hydrogen-bond acceptors (Lipinski definition) is 6. The van der Waals surface area contributed by atoms with E-state index >= 15 is 0 Å². The Hall–Kier alpha value is -1.90. The number of nitrogens with zero attached hydrogens (tertiary/aromatic N) is 6. The first kappa shape index (κ1) is 24.7. The molecule has 1 aromatic heterocycles. The largest absolute Gasteiger partial charge is 0.369 e. The number of rotatable bonds is 11. The molecule has 0 spiro atoms. The molecule has 0 saturated carbocycles. The summed E-state index contributed by atoms with van der Waals surface area (Å²) < 4.78 is 0. The van der Waals surface area contributed by atoms with Crippen LogP contribution < -0.4 is 10.2 Å². The lowest BCUT2D eigenvalue weighted by atomic mass is 10.2. The fourth-order valence-electron chi connectivity index (χ4n) is 4.76. The maximum atomic E-state index is 12.9. The van der Waals surface area contributed by atoms with E-state index in [1.54, 1.807) is 0 Å². The van der Waals surface area contributed by atoms with Crippen molar-refractivity contribution in [2.24, 2.45) is 0 Å². The van der Waals surface area contributed by atoms with E-state index in [9.17, 15) is 4.79 Å². The molecule has 8 nitrogen and oxygen atoms in total. The number of pyridine rings is 1. The van der Waals surface area contributed by atoms with Crippen LogP contribution in [0.15, 0.2) is 24.5 Å². The molecule has 2 aliphatic rings. The number of piperazine rings is 1. The maximum absolute atomic E-state index is 12.9. The number of carbonyl (C=O) groups is 1.